The summed E-state index contributed by atoms with van der Waals surface area (Å²) in [6.07, 6.45) is 1.49. The molecule has 6 nitrogen and oxygen atoms in total. The van der Waals surface area contributed by atoms with Crippen molar-refractivity contribution in [2.75, 3.05) is 0 Å². The van der Waals surface area contributed by atoms with Gasteiger partial charge in [0.25, 0.3) is 5.69 Å². The summed E-state index contributed by atoms with van der Waals surface area (Å²) in [5, 5.41) is 13.7. The summed E-state index contributed by atoms with van der Waals surface area (Å²) in [5.41, 5.74) is 4.21. The molecule has 0 atom stereocenters. The van der Waals surface area contributed by atoms with E-state index in [4.69, 9.17) is 4.74 Å². The smallest absolute Gasteiger partial charge is 0.269 e. The zero-order chi connectivity index (χ0) is 18.8. The fourth-order valence-electron chi connectivity index (χ4n) is 2.77. The summed E-state index contributed by atoms with van der Waals surface area (Å²) in [6.45, 7) is 2.32. The highest BCUT2D eigenvalue weighted by Crippen LogP contribution is 2.37. The number of rotatable bonds is 5. The molecule has 0 fully saturated rings. The molecule has 2 aromatic heterocycles. The Morgan fingerprint density at radius 1 is 1.07 bits per heavy atom. The van der Waals surface area contributed by atoms with Gasteiger partial charge in [0.15, 0.2) is 0 Å². The van der Waals surface area contributed by atoms with Crippen LogP contribution in [0.4, 0.5) is 5.69 Å². The topological polar surface area (TPSA) is 78.2 Å². The van der Waals surface area contributed by atoms with Gasteiger partial charge >= 0.3 is 0 Å². The zero-order valence-electron chi connectivity index (χ0n) is 14.5. The fraction of sp³-hybridized carbons (Fsp3) is 0.100. The van der Waals surface area contributed by atoms with Crippen LogP contribution in [0, 0.1) is 17.0 Å². The number of thiophene rings is 1. The molecule has 7 heteroatoms. The van der Waals surface area contributed by atoms with Crippen molar-refractivity contribution >= 4 is 27.2 Å². The second-order valence-corrected chi connectivity index (χ2v) is 6.94. The Morgan fingerprint density at radius 2 is 1.81 bits per heavy atom. The lowest BCUT2D eigenvalue weighted by Crippen LogP contribution is -1.99. The third kappa shape index (κ3) is 3.50. The van der Waals surface area contributed by atoms with Gasteiger partial charge in [-0.15, -0.1) is 11.3 Å². The largest absolute Gasteiger partial charge is 0.472 e. The average Bonchev–Trinajstić information content (AvgIpc) is 3.12. The van der Waals surface area contributed by atoms with Crippen LogP contribution in [-0.2, 0) is 6.61 Å². The first-order valence-electron chi connectivity index (χ1n) is 8.27. The van der Waals surface area contributed by atoms with Crippen molar-refractivity contribution in [1.29, 1.82) is 0 Å². The molecule has 0 aliphatic heterocycles. The number of benzene rings is 2. The molecule has 2 heterocycles. The highest BCUT2D eigenvalue weighted by Gasteiger charge is 2.14. The van der Waals surface area contributed by atoms with Crippen molar-refractivity contribution in [3.05, 3.63) is 81.5 Å². The average molecular weight is 377 g/mol. The first-order valence-corrected chi connectivity index (χ1v) is 9.15. The van der Waals surface area contributed by atoms with Gasteiger partial charge in [-0.05, 0) is 30.2 Å². The molecule has 0 aliphatic carbocycles. The molecule has 2 aromatic carbocycles. The van der Waals surface area contributed by atoms with E-state index in [9.17, 15) is 10.1 Å². The molecule has 0 spiro atoms. The summed E-state index contributed by atoms with van der Waals surface area (Å²) in [6, 6.07) is 14.6. The van der Waals surface area contributed by atoms with Crippen LogP contribution >= 0.6 is 11.3 Å². The third-order valence-corrected chi connectivity index (χ3v) is 5.11. The summed E-state index contributed by atoms with van der Waals surface area (Å²) in [7, 11) is 0. The standard InChI is InChI=1S/C20H15N3O3S/c1-13-2-6-15(7-3-13)17-11-27-20-18(17)19(21-12-22-20)26-10-14-4-8-16(9-5-14)23(24)25/h2-9,11-12H,10H2,1H3. The van der Waals surface area contributed by atoms with Gasteiger partial charge in [0.05, 0.1) is 10.3 Å². The molecule has 0 saturated heterocycles. The minimum Gasteiger partial charge on any atom is -0.472 e. The Morgan fingerprint density at radius 3 is 2.52 bits per heavy atom. The monoisotopic (exact) mass is 377 g/mol. The van der Waals surface area contributed by atoms with Crippen LogP contribution in [0.15, 0.2) is 60.2 Å². The Kier molecular flexibility index (Phi) is 4.52. The fourth-order valence-corrected chi connectivity index (χ4v) is 3.67. The number of hydrogen-bond donors (Lipinski definition) is 0. The summed E-state index contributed by atoms with van der Waals surface area (Å²) in [5.74, 6) is 0.509. The Balaban J connectivity index is 1.64. The first kappa shape index (κ1) is 17.1. The first-order chi connectivity index (χ1) is 13.1. The van der Waals surface area contributed by atoms with Crippen molar-refractivity contribution < 1.29 is 9.66 Å². The Labute approximate surface area is 159 Å². The van der Waals surface area contributed by atoms with Gasteiger partial charge < -0.3 is 4.74 Å². The molecule has 0 N–H and O–H groups in total. The van der Waals surface area contributed by atoms with Crippen LogP contribution in [0.2, 0.25) is 0 Å². The minimum atomic E-state index is -0.419. The minimum absolute atomic E-state index is 0.0580. The van der Waals surface area contributed by atoms with E-state index >= 15 is 0 Å². The number of fused-ring (bicyclic) bond motifs is 1. The van der Waals surface area contributed by atoms with E-state index in [0.717, 1.165) is 26.9 Å². The number of nitro groups is 1. The SMILES string of the molecule is Cc1ccc(-c2csc3ncnc(OCc4ccc([N+](=O)[O-])cc4)c23)cc1. The molecule has 0 radical (unpaired) electrons. The Bertz CT molecular complexity index is 1110. The summed E-state index contributed by atoms with van der Waals surface area (Å²) in [4.78, 5) is 19.9. The van der Waals surface area contributed by atoms with Crippen molar-refractivity contribution in [2.24, 2.45) is 0 Å². The van der Waals surface area contributed by atoms with Crippen molar-refractivity contribution in [3.63, 3.8) is 0 Å². The van der Waals surface area contributed by atoms with E-state index in [1.165, 1.54) is 24.0 Å². The Hall–Kier alpha value is -3.32. The predicted molar refractivity (Wildman–Crippen MR) is 105 cm³/mol. The zero-order valence-corrected chi connectivity index (χ0v) is 15.3. The van der Waals surface area contributed by atoms with E-state index in [0.29, 0.717) is 5.88 Å². The molecular weight excluding hydrogens is 362 g/mol. The quantitative estimate of drug-likeness (QED) is 0.355. The van der Waals surface area contributed by atoms with Crippen LogP contribution in [0.25, 0.3) is 21.3 Å². The van der Waals surface area contributed by atoms with Crippen LogP contribution in [-0.4, -0.2) is 14.9 Å². The lowest BCUT2D eigenvalue weighted by atomic mass is 10.0. The normalized spacial score (nSPS) is 10.9. The van der Waals surface area contributed by atoms with Crippen LogP contribution in [0.5, 0.6) is 5.88 Å². The predicted octanol–water partition coefficient (Wildman–Crippen LogP) is 5.15. The maximum Gasteiger partial charge on any atom is 0.269 e. The highest BCUT2D eigenvalue weighted by molar-refractivity contribution is 7.17. The maximum atomic E-state index is 10.8. The van der Waals surface area contributed by atoms with Gasteiger partial charge in [0.1, 0.15) is 17.8 Å². The molecule has 0 unspecified atom stereocenters. The summed E-state index contributed by atoms with van der Waals surface area (Å²) >= 11 is 1.55. The van der Waals surface area contributed by atoms with E-state index in [1.54, 1.807) is 23.5 Å². The maximum absolute atomic E-state index is 10.8. The van der Waals surface area contributed by atoms with Gasteiger partial charge in [-0.25, -0.2) is 9.97 Å². The van der Waals surface area contributed by atoms with Crippen molar-refractivity contribution in [3.8, 4) is 17.0 Å². The second kappa shape index (κ2) is 7.13. The number of aromatic nitrogens is 2. The van der Waals surface area contributed by atoms with Gasteiger partial charge in [-0.2, -0.15) is 0 Å². The van der Waals surface area contributed by atoms with Gasteiger partial charge in [-0.3, -0.25) is 10.1 Å². The molecule has 0 bridgehead atoms. The molecule has 0 amide bonds. The number of hydrogen-bond acceptors (Lipinski definition) is 6. The van der Waals surface area contributed by atoms with Crippen molar-refractivity contribution in [1.82, 2.24) is 9.97 Å². The second-order valence-electron chi connectivity index (χ2n) is 6.09. The molecule has 0 saturated carbocycles. The molecule has 4 rings (SSSR count). The van der Waals surface area contributed by atoms with Gasteiger partial charge in [-0.1, -0.05) is 29.8 Å². The number of ether oxygens (including phenoxy) is 1. The van der Waals surface area contributed by atoms with E-state index in [2.05, 4.69) is 46.5 Å². The highest BCUT2D eigenvalue weighted by atomic mass is 32.1. The van der Waals surface area contributed by atoms with Crippen molar-refractivity contribution in [2.45, 2.75) is 13.5 Å². The van der Waals surface area contributed by atoms with E-state index < -0.39 is 4.92 Å². The lowest BCUT2D eigenvalue weighted by Gasteiger charge is -2.08. The number of nitrogens with zero attached hydrogens (tertiary/aromatic N) is 3. The lowest BCUT2D eigenvalue weighted by molar-refractivity contribution is -0.384. The van der Waals surface area contributed by atoms with Crippen LogP contribution in [0.1, 0.15) is 11.1 Å². The molecular formula is C20H15N3O3S. The number of aryl methyl sites for hydroxylation is 1. The molecule has 27 heavy (non-hydrogen) atoms. The number of non-ortho nitro benzene ring substituents is 1. The van der Waals surface area contributed by atoms with Crippen LogP contribution < -0.4 is 4.74 Å². The van der Waals surface area contributed by atoms with E-state index in [-0.39, 0.29) is 12.3 Å². The van der Waals surface area contributed by atoms with E-state index in [1.807, 2.05) is 0 Å². The van der Waals surface area contributed by atoms with Crippen LogP contribution in [0.3, 0.4) is 0 Å². The molecule has 0 aliphatic rings. The van der Waals surface area contributed by atoms with Gasteiger partial charge in [0.2, 0.25) is 5.88 Å². The van der Waals surface area contributed by atoms with Gasteiger partial charge in [0, 0.05) is 23.1 Å². The molecule has 4 aromatic rings. The third-order valence-electron chi connectivity index (χ3n) is 4.22. The molecule has 134 valence electrons. The number of nitro benzene ring substituents is 1. The summed E-state index contributed by atoms with van der Waals surface area (Å²) < 4.78 is 5.94.